The van der Waals surface area contributed by atoms with E-state index in [1.807, 2.05) is 13.8 Å². The van der Waals surface area contributed by atoms with Crippen molar-refractivity contribution < 1.29 is 23.7 Å². The zero-order chi connectivity index (χ0) is 19.8. The molecule has 0 spiro atoms. The number of aromatic nitrogens is 4. The summed E-state index contributed by atoms with van der Waals surface area (Å²) >= 11 is 0. The Morgan fingerprint density at radius 2 is 1.67 bits per heavy atom. The second-order valence-corrected chi connectivity index (χ2v) is 5.96. The third-order valence-corrected chi connectivity index (χ3v) is 3.28. The van der Waals surface area contributed by atoms with Crippen LogP contribution in [0.15, 0.2) is 18.3 Å². The second kappa shape index (κ2) is 9.83. The molecule has 1 amide bonds. The molecule has 0 aliphatic carbocycles. The number of rotatable bonds is 10. The Labute approximate surface area is 157 Å². The summed E-state index contributed by atoms with van der Waals surface area (Å²) in [5.41, 5.74) is 0. The number of hydrogen-bond acceptors (Lipinski definition) is 8. The van der Waals surface area contributed by atoms with Gasteiger partial charge < -0.3 is 24.3 Å². The average molecular weight is 379 g/mol. The van der Waals surface area contributed by atoms with E-state index in [0.717, 1.165) is 0 Å². The van der Waals surface area contributed by atoms with Crippen molar-refractivity contribution in [3.05, 3.63) is 24.2 Å². The molecule has 2 atom stereocenters. The monoisotopic (exact) mass is 379 g/mol. The van der Waals surface area contributed by atoms with Gasteiger partial charge in [-0.15, -0.1) is 0 Å². The van der Waals surface area contributed by atoms with Crippen LogP contribution in [0.1, 0.15) is 24.5 Å². The average Bonchev–Trinajstić information content (AvgIpc) is 2.99. The van der Waals surface area contributed by atoms with Crippen LogP contribution in [0.5, 0.6) is 11.8 Å². The first-order valence-corrected chi connectivity index (χ1v) is 8.42. The van der Waals surface area contributed by atoms with Crippen LogP contribution < -0.4 is 14.8 Å². The molecule has 0 aliphatic rings. The quantitative estimate of drug-likeness (QED) is 0.658. The van der Waals surface area contributed by atoms with Crippen LogP contribution >= 0.6 is 0 Å². The smallest absolute Gasteiger partial charge is 0.294 e. The van der Waals surface area contributed by atoms with Gasteiger partial charge in [-0.1, -0.05) is 0 Å². The van der Waals surface area contributed by atoms with Crippen molar-refractivity contribution in [2.45, 2.75) is 26.1 Å². The molecule has 2 unspecified atom stereocenters. The van der Waals surface area contributed by atoms with E-state index in [1.165, 1.54) is 6.07 Å². The van der Waals surface area contributed by atoms with E-state index in [4.69, 9.17) is 18.9 Å². The van der Waals surface area contributed by atoms with Gasteiger partial charge >= 0.3 is 0 Å². The normalized spacial score (nSPS) is 13.1. The summed E-state index contributed by atoms with van der Waals surface area (Å²) in [4.78, 5) is 20.8. The molecule has 10 heteroatoms. The van der Waals surface area contributed by atoms with Crippen molar-refractivity contribution in [3.8, 4) is 11.8 Å². The molecule has 1 N–H and O–H groups in total. The highest BCUT2D eigenvalue weighted by atomic mass is 16.5. The molecule has 0 bridgehead atoms. The second-order valence-electron chi connectivity index (χ2n) is 5.96. The van der Waals surface area contributed by atoms with Crippen LogP contribution in [0.2, 0.25) is 0 Å². The largest absolute Gasteiger partial charge is 0.472 e. The number of ether oxygens (including phenoxy) is 4. The van der Waals surface area contributed by atoms with E-state index in [-0.39, 0.29) is 29.8 Å². The summed E-state index contributed by atoms with van der Waals surface area (Å²) in [5.74, 6) is 0.186. The van der Waals surface area contributed by atoms with Crippen LogP contribution in [-0.2, 0) is 16.5 Å². The molecule has 0 saturated heterocycles. The maximum absolute atomic E-state index is 12.5. The van der Waals surface area contributed by atoms with Crippen LogP contribution in [0.4, 0.5) is 5.82 Å². The van der Waals surface area contributed by atoms with E-state index >= 15 is 0 Å². The van der Waals surface area contributed by atoms with Crippen molar-refractivity contribution in [2.75, 3.05) is 32.8 Å². The van der Waals surface area contributed by atoms with Crippen molar-refractivity contribution in [1.29, 1.82) is 0 Å². The van der Waals surface area contributed by atoms with Crippen molar-refractivity contribution in [2.24, 2.45) is 7.05 Å². The zero-order valence-electron chi connectivity index (χ0n) is 16.1. The Morgan fingerprint density at radius 3 is 2.11 bits per heavy atom. The predicted molar refractivity (Wildman–Crippen MR) is 97.1 cm³/mol. The maximum atomic E-state index is 12.5. The van der Waals surface area contributed by atoms with Gasteiger partial charge in [0.25, 0.3) is 5.91 Å². The molecule has 10 nitrogen and oxygen atoms in total. The third kappa shape index (κ3) is 6.50. The minimum Gasteiger partial charge on any atom is -0.472 e. The lowest BCUT2D eigenvalue weighted by Gasteiger charge is -2.16. The van der Waals surface area contributed by atoms with E-state index in [9.17, 15) is 4.79 Å². The maximum Gasteiger partial charge on any atom is 0.294 e. The number of carbonyl (C=O) groups is 1. The number of anilines is 1. The molecule has 2 rings (SSSR count). The fourth-order valence-corrected chi connectivity index (χ4v) is 2.23. The number of nitrogens with one attached hydrogen (secondary N) is 1. The first-order chi connectivity index (χ1) is 12.9. The van der Waals surface area contributed by atoms with Gasteiger partial charge in [-0.05, 0) is 13.8 Å². The Hall–Kier alpha value is -2.72. The van der Waals surface area contributed by atoms with Gasteiger partial charge in [0, 0.05) is 33.5 Å². The number of carbonyl (C=O) groups excluding carboxylic acids is 1. The molecular weight excluding hydrogens is 354 g/mol. The molecule has 148 valence electrons. The predicted octanol–water partition coefficient (Wildman–Crippen LogP) is 1.29. The molecule has 0 radical (unpaired) electrons. The van der Waals surface area contributed by atoms with E-state index in [0.29, 0.717) is 19.0 Å². The molecule has 2 heterocycles. The Kier molecular flexibility index (Phi) is 7.50. The Morgan fingerprint density at radius 1 is 1.11 bits per heavy atom. The lowest BCUT2D eigenvalue weighted by molar-refractivity contribution is 0.0817. The number of amides is 1. The Balaban J connectivity index is 2.23. The third-order valence-electron chi connectivity index (χ3n) is 3.28. The molecule has 0 aromatic carbocycles. The van der Waals surface area contributed by atoms with Gasteiger partial charge in [0.05, 0.1) is 19.3 Å². The van der Waals surface area contributed by atoms with Crippen LogP contribution in [0.25, 0.3) is 0 Å². The molecule has 0 fully saturated rings. The van der Waals surface area contributed by atoms with E-state index in [1.54, 1.807) is 38.2 Å². The van der Waals surface area contributed by atoms with Crippen molar-refractivity contribution in [1.82, 2.24) is 19.7 Å². The van der Waals surface area contributed by atoms with Gasteiger partial charge in [-0.3, -0.25) is 9.48 Å². The summed E-state index contributed by atoms with van der Waals surface area (Å²) in [6.07, 6.45) is 1.19. The van der Waals surface area contributed by atoms with Gasteiger partial charge in [-0.25, -0.2) is 0 Å². The number of hydrogen-bond donors (Lipinski definition) is 1. The Bertz CT molecular complexity index is 719. The molecular formula is C17H25N5O5. The fraction of sp³-hybridized carbons (Fsp3) is 0.529. The highest BCUT2D eigenvalue weighted by molar-refractivity contribution is 6.01. The standard InChI is InChI=1S/C17H25N5O5/c1-11(9-24-4)26-14-8-15(27-12(2)10-25-5)20-16(19-14)17(23)18-13-6-7-22(3)21-13/h6-8,11-12H,9-10H2,1-5H3,(H,18,21,23). The highest BCUT2D eigenvalue weighted by Gasteiger charge is 2.18. The van der Waals surface area contributed by atoms with E-state index in [2.05, 4.69) is 20.4 Å². The van der Waals surface area contributed by atoms with Crippen LogP contribution in [0.3, 0.4) is 0 Å². The topological polar surface area (TPSA) is 110 Å². The minimum absolute atomic E-state index is 0.0950. The van der Waals surface area contributed by atoms with Gasteiger partial charge in [0.15, 0.2) is 5.82 Å². The molecule has 2 aromatic heterocycles. The van der Waals surface area contributed by atoms with Crippen LogP contribution in [-0.4, -0.2) is 65.3 Å². The van der Waals surface area contributed by atoms with Crippen LogP contribution in [0, 0.1) is 0 Å². The van der Waals surface area contributed by atoms with Crippen molar-refractivity contribution >= 4 is 11.7 Å². The van der Waals surface area contributed by atoms with Gasteiger partial charge in [0.1, 0.15) is 12.2 Å². The molecule has 27 heavy (non-hydrogen) atoms. The van der Waals surface area contributed by atoms with E-state index < -0.39 is 5.91 Å². The summed E-state index contributed by atoms with van der Waals surface area (Å²) in [7, 11) is 4.90. The fourth-order valence-electron chi connectivity index (χ4n) is 2.23. The number of methoxy groups -OCH3 is 2. The van der Waals surface area contributed by atoms with Gasteiger partial charge in [0.2, 0.25) is 17.6 Å². The lowest BCUT2D eigenvalue weighted by atomic mass is 10.4. The SMILES string of the molecule is COCC(C)Oc1cc(OC(C)COC)nc(C(=O)Nc2ccn(C)n2)n1. The van der Waals surface area contributed by atoms with Gasteiger partial charge in [-0.2, -0.15) is 15.1 Å². The first-order valence-electron chi connectivity index (χ1n) is 8.42. The molecule has 0 aliphatic heterocycles. The first kappa shape index (κ1) is 20.6. The highest BCUT2D eigenvalue weighted by Crippen LogP contribution is 2.19. The molecule has 0 saturated carbocycles. The van der Waals surface area contributed by atoms with Crippen molar-refractivity contribution in [3.63, 3.8) is 0 Å². The number of nitrogens with zero attached hydrogens (tertiary/aromatic N) is 4. The summed E-state index contributed by atoms with van der Waals surface area (Å²) < 4.78 is 23.1. The molecule has 2 aromatic rings. The summed E-state index contributed by atoms with van der Waals surface area (Å²) in [5, 5.41) is 6.73. The summed E-state index contributed by atoms with van der Waals surface area (Å²) in [6.45, 7) is 4.39. The zero-order valence-corrected chi connectivity index (χ0v) is 16.1. The lowest BCUT2D eigenvalue weighted by Crippen LogP contribution is -2.23. The minimum atomic E-state index is -0.525. The number of aryl methyl sites for hydroxylation is 1. The summed E-state index contributed by atoms with van der Waals surface area (Å²) in [6, 6.07) is 3.19.